The fourth-order valence-corrected chi connectivity index (χ4v) is 3.33. The highest BCUT2D eigenvalue weighted by Gasteiger charge is 2.36. The van der Waals surface area contributed by atoms with Gasteiger partial charge in [0, 0.05) is 19.2 Å². The van der Waals surface area contributed by atoms with Crippen molar-refractivity contribution in [3.63, 3.8) is 0 Å². The van der Waals surface area contributed by atoms with Crippen LogP contribution in [-0.4, -0.2) is 47.3 Å². The first-order valence-electron chi connectivity index (χ1n) is 8.79. The van der Waals surface area contributed by atoms with Crippen molar-refractivity contribution in [2.45, 2.75) is 58.4 Å². The van der Waals surface area contributed by atoms with Gasteiger partial charge in [0.1, 0.15) is 0 Å². The number of hydrogen-bond donors (Lipinski definition) is 2. The van der Waals surface area contributed by atoms with Gasteiger partial charge >= 0.3 is 0 Å². The number of benzene rings is 1. The Morgan fingerprint density at radius 1 is 1.38 bits per heavy atom. The molecule has 24 heavy (non-hydrogen) atoms. The largest absolute Gasteiger partial charge is 0.389 e. The third-order valence-corrected chi connectivity index (χ3v) is 4.58. The van der Waals surface area contributed by atoms with Gasteiger partial charge in [0.05, 0.1) is 18.8 Å². The normalized spacial score (nSPS) is 18.8. The van der Waals surface area contributed by atoms with E-state index in [1.165, 1.54) is 0 Å². The predicted octanol–water partition coefficient (Wildman–Crippen LogP) is 2.07. The molecule has 1 aliphatic rings. The summed E-state index contributed by atoms with van der Waals surface area (Å²) in [5, 5.41) is 13.2. The molecule has 5 heteroatoms. The van der Waals surface area contributed by atoms with Crippen LogP contribution in [0.5, 0.6) is 0 Å². The summed E-state index contributed by atoms with van der Waals surface area (Å²) in [7, 11) is 0. The lowest BCUT2D eigenvalue weighted by molar-refractivity contribution is -0.123. The lowest BCUT2D eigenvalue weighted by Gasteiger charge is -2.33. The van der Waals surface area contributed by atoms with Crippen LogP contribution in [0.3, 0.4) is 0 Å². The standard InChI is InChI=1S/C19H30N2O3/c1-4-24-14-16-9-6-5-8-15(16)12-20-18(22)13-21-11-7-10-17(21)19(2,3)23/h5-6,8-9,17,23H,4,7,10-14H2,1-3H3,(H,20,22). The number of likely N-dealkylation sites (tertiary alicyclic amines) is 1. The Kier molecular flexibility index (Phi) is 6.78. The Labute approximate surface area is 145 Å². The van der Waals surface area contributed by atoms with E-state index >= 15 is 0 Å². The quantitative estimate of drug-likeness (QED) is 0.764. The van der Waals surface area contributed by atoms with Crippen LogP contribution in [0, 0.1) is 0 Å². The van der Waals surface area contributed by atoms with Crippen molar-refractivity contribution in [3.05, 3.63) is 35.4 Å². The maximum absolute atomic E-state index is 12.3. The van der Waals surface area contributed by atoms with E-state index in [1.807, 2.05) is 45.0 Å². The lowest BCUT2D eigenvalue weighted by atomic mass is 9.97. The second kappa shape index (κ2) is 8.60. The van der Waals surface area contributed by atoms with Crippen LogP contribution in [0.4, 0.5) is 0 Å². The van der Waals surface area contributed by atoms with Crippen molar-refractivity contribution in [1.29, 1.82) is 0 Å². The fourth-order valence-electron chi connectivity index (χ4n) is 3.33. The van der Waals surface area contributed by atoms with Gasteiger partial charge in [-0.15, -0.1) is 0 Å². The van der Waals surface area contributed by atoms with Gasteiger partial charge in [-0.25, -0.2) is 0 Å². The first-order chi connectivity index (χ1) is 11.4. The SMILES string of the molecule is CCOCc1ccccc1CNC(=O)CN1CCCC1C(C)(C)O. The van der Waals surface area contributed by atoms with Crippen molar-refractivity contribution < 1.29 is 14.6 Å². The van der Waals surface area contributed by atoms with Gasteiger partial charge in [-0.05, 0) is 51.3 Å². The third-order valence-electron chi connectivity index (χ3n) is 4.58. The van der Waals surface area contributed by atoms with Crippen LogP contribution in [0.2, 0.25) is 0 Å². The smallest absolute Gasteiger partial charge is 0.234 e. The molecular formula is C19H30N2O3. The average molecular weight is 334 g/mol. The average Bonchev–Trinajstić information content (AvgIpc) is 3.00. The number of nitrogens with zero attached hydrogens (tertiary/aromatic N) is 1. The Morgan fingerprint density at radius 3 is 2.75 bits per heavy atom. The number of ether oxygens (including phenoxy) is 1. The van der Waals surface area contributed by atoms with E-state index in [0.29, 0.717) is 26.3 Å². The summed E-state index contributed by atoms with van der Waals surface area (Å²) in [6.45, 7) is 8.55. The highest BCUT2D eigenvalue weighted by Crippen LogP contribution is 2.26. The second-order valence-corrected chi connectivity index (χ2v) is 6.96. The predicted molar refractivity (Wildman–Crippen MR) is 94.5 cm³/mol. The molecule has 1 atom stereocenters. The number of nitrogens with one attached hydrogen (secondary N) is 1. The van der Waals surface area contributed by atoms with E-state index < -0.39 is 5.60 Å². The van der Waals surface area contributed by atoms with Crippen molar-refractivity contribution in [2.75, 3.05) is 19.7 Å². The van der Waals surface area contributed by atoms with Crippen molar-refractivity contribution in [3.8, 4) is 0 Å². The van der Waals surface area contributed by atoms with Gasteiger partial charge in [-0.2, -0.15) is 0 Å². The molecule has 0 bridgehead atoms. The summed E-state index contributed by atoms with van der Waals surface area (Å²) in [6, 6.07) is 8.06. The summed E-state index contributed by atoms with van der Waals surface area (Å²) in [5.74, 6) is -0.00244. The second-order valence-electron chi connectivity index (χ2n) is 6.96. The highest BCUT2D eigenvalue weighted by atomic mass is 16.5. The van der Waals surface area contributed by atoms with E-state index in [0.717, 1.165) is 30.5 Å². The molecule has 1 unspecified atom stereocenters. The third kappa shape index (κ3) is 5.30. The van der Waals surface area contributed by atoms with Crippen LogP contribution < -0.4 is 5.32 Å². The maximum atomic E-state index is 12.3. The van der Waals surface area contributed by atoms with E-state index in [2.05, 4.69) is 10.2 Å². The van der Waals surface area contributed by atoms with Crippen LogP contribution in [0.25, 0.3) is 0 Å². The van der Waals surface area contributed by atoms with Crippen molar-refractivity contribution in [2.24, 2.45) is 0 Å². The molecule has 0 spiro atoms. The molecule has 2 rings (SSSR count). The minimum Gasteiger partial charge on any atom is -0.389 e. The zero-order chi connectivity index (χ0) is 17.6. The zero-order valence-electron chi connectivity index (χ0n) is 15.0. The first-order valence-corrected chi connectivity index (χ1v) is 8.79. The van der Waals surface area contributed by atoms with E-state index in [1.54, 1.807) is 0 Å². The minimum absolute atomic E-state index is 0.00244. The summed E-state index contributed by atoms with van der Waals surface area (Å²) in [6.07, 6.45) is 1.97. The molecule has 134 valence electrons. The number of rotatable bonds is 8. The van der Waals surface area contributed by atoms with Gasteiger partial charge in [0.2, 0.25) is 5.91 Å². The summed E-state index contributed by atoms with van der Waals surface area (Å²) < 4.78 is 5.48. The zero-order valence-corrected chi connectivity index (χ0v) is 15.0. The Hall–Kier alpha value is -1.43. The monoisotopic (exact) mass is 334 g/mol. The molecule has 0 radical (unpaired) electrons. The topological polar surface area (TPSA) is 61.8 Å². The van der Waals surface area contributed by atoms with Gasteiger partial charge < -0.3 is 15.2 Å². The first kappa shape index (κ1) is 18.9. The Morgan fingerprint density at radius 2 is 2.08 bits per heavy atom. The van der Waals surface area contributed by atoms with Crippen molar-refractivity contribution in [1.82, 2.24) is 10.2 Å². The summed E-state index contributed by atoms with van der Waals surface area (Å²) in [4.78, 5) is 14.4. The van der Waals surface area contributed by atoms with E-state index in [9.17, 15) is 9.90 Å². The number of carbonyl (C=O) groups is 1. The molecule has 1 aliphatic heterocycles. The molecule has 0 aromatic heterocycles. The number of amides is 1. The maximum Gasteiger partial charge on any atom is 0.234 e. The molecule has 1 amide bonds. The van der Waals surface area contributed by atoms with Gasteiger partial charge in [-0.3, -0.25) is 9.69 Å². The molecule has 1 fully saturated rings. The molecule has 0 aliphatic carbocycles. The molecule has 1 saturated heterocycles. The summed E-state index contributed by atoms with van der Waals surface area (Å²) >= 11 is 0. The van der Waals surface area contributed by atoms with Crippen LogP contribution in [0.15, 0.2) is 24.3 Å². The van der Waals surface area contributed by atoms with Crippen molar-refractivity contribution >= 4 is 5.91 Å². The van der Waals surface area contributed by atoms with Gasteiger partial charge in [0.15, 0.2) is 0 Å². The highest BCUT2D eigenvalue weighted by molar-refractivity contribution is 5.78. The molecule has 2 N–H and O–H groups in total. The van der Waals surface area contributed by atoms with Gasteiger partial charge in [0.25, 0.3) is 0 Å². The van der Waals surface area contributed by atoms with Crippen LogP contribution >= 0.6 is 0 Å². The van der Waals surface area contributed by atoms with Gasteiger partial charge in [-0.1, -0.05) is 24.3 Å². The molecular weight excluding hydrogens is 304 g/mol. The fraction of sp³-hybridized carbons (Fsp3) is 0.632. The Bertz CT molecular complexity index is 540. The molecule has 1 aromatic carbocycles. The number of aliphatic hydroxyl groups is 1. The molecule has 5 nitrogen and oxygen atoms in total. The lowest BCUT2D eigenvalue weighted by Crippen LogP contribution is -2.49. The molecule has 1 heterocycles. The molecule has 0 saturated carbocycles. The minimum atomic E-state index is -0.777. The van der Waals surface area contributed by atoms with E-state index in [-0.39, 0.29) is 11.9 Å². The van der Waals surface area contributed by atoms with Crippen LogP contribution in [-0.2, 0) is 22.7 Å². The van der Waals surface area contributed by atoms with E-state index in [4.69, 9.17) is 4.74 Å². The number of carbonyl (C=O) groups excluding carboxylic acids is 1. The summed E-state index contributed by atoms with van der Waals surface area (Å²) in [5.41, 5.74) is 1.41. The van der Waals surface area contributed by atoms with Crippen LogP contribution in [0.1, 0.15) is 44.7 Å². The molecule has 1 aromatic rings. The number of hydrogen-bond acceptors (Lipinski definition) is 4. The Balaban J connectivity index is 1.87.